The predicted molar refractivity (Wildman–Crippen MR) is 46.2 cm³/mol. The summed E-state index contributed by atoms with van der Waals surface area (Å²) in [4.78, 5) is 23.9. The number of nitrogens with one attached hydrogen (secondary N) is 1. The lowest BCUT2D eigenvalue weighted by molar-refractivity contribution is -0.132. The number of likely N-dealkylation sites (N-methyl/N-ethyl adjacent to an activating group) is 1. The number of hydrogen-bond donors (Lipinski definition) is 1. The van der Waals surface area contributed by atoms with Crippen molar-refractivity contribution in [3.8, 4) is 0 Å². The molecule has 2 amide bonds. The van der Waals surface area contributed by atoms with Crippen LogP contribution in [0, 0.1) is 0 Å². The molecule has 0 radical (unpaired) electrons. The fraction of sp³-hybridized carbons (Fsp3) is 0.750. The summed E-state index contributed by atoms with van der Waals surface area (Å²) < 4.78 is 4.63. The number of hydrogen-bond acceptors (Lipinski definition) is 3. The standard InChI is InChI=1S/C8H14N2O3/c1-3-10(4-2)7(11)6-5-13-8(12)9-6/h6H,3-5H2,1-2H3,(H,9,12). The molecule has 0 bridgehead atoms. The lowest BCUT2D eigenvalue weighted by Gasteiger charge is -2.20. The number of alkyl carbamates (subject to hydrolysis) is 1. The van der Waals surface area contributed by atoms with Crippen LogP contribution in [0.2, 0.25) is 0 Å². The van der Waals surface area contributed by atoms with Crippen molar-refractivity contribution in [2.45, 2.75) is 19.9 Å². The van der Waals surface area contributed by atoms with Gasteiger partial charge in [-0.2, -0.15) is 0 Å². The largest absolute Gasteiger partial charge is 0.447 e. The Morgan fingerprint density at radius 1 is 1.62 bits per heavy atom. The molecule has 1 aliphatic rings. The van der Waals surface area contributed by atoms with Gasteiger partial charge in [-0.3, -0.25) is 4.79 Å². The summed E-state index contributed by atoms with van der Waals surface area (Å²) in [6.45, 7) is 5.26. The lowest BCUT2D eigenvalue weighted by atomic mass is 10.3. The smallest absolute Gasteiger partial charge is 0.407 e. The summed E-state index contributed by atoms with van der Waals surface area (Å²) in [6, 6.07) is -0.493. The summed E-state index contributed by atoms with van der Waals surface area (Å²) >= 11 is 0. The first kappa shape index (κ1) is 9.83. The third-order valence-electron chi connectivity index (χ3n) is 2.05. The fourth-order valence-corrected chi connectivity index (χ4v) is 1.27. The molecule has 0 aromatic carbocycles. The molecule has 1 aliphatic heterocycles. The molecule has 5 heteroatoms. The molecule has 1 heterocycles. The highest BCUT2D eigenvalue weighted by atomic mass is 16.6. The second-order valence-electron chi connectivity index (χ2n) is 2.81. The topological polar surface area (TPSA) is 58.6 Å². The van der Waals surface area contributed by atoms with E-state index in [2.05, 4.69) is 10.1 Å². The molecule has 1 atom stereocenters. The van der Waals surface area contributed by atoms with Gasteiger partial charge in [0.1, 0.15) is 12.6 Å². The minimum absolute atomic E-state index is 0.0733. The van der Waals surface area contributed by atoms with Crippen LogP contribution in [0.5, 0.6) is 0 Å². The first-order valence-corrected chi connectivity index (χ1v) is 4.41. The van der Waals surface area contributed by atoms with Crippen LogP contribution in [-0.2, 0) is 9.53 Å². The van der Waals surface area contributed by atoms with E-state index in [0.29, 0.717) is 13.1 Å². The van der Waals surface area contributed by atoms with Gasteiger partial charge in [-0.25, -0.2) is 4.79 Å². The summed E-state index contributed by atoms with van der Waals surface area (Å²) in [5.41, 5.74) is 0. The zero-order valence-corrected chi connectivity index (χ0v) is 7.87. The highest BCUT2D eigenvalue weighted by Gasteiger charge is 2.30. The van der Waals surface area contributed by atoms with Gasteiger partial charge in [-0.15, -0.1) is 0 Å². The van der Waals surface area contributed by atoms with Crippen LogP contribution in [0.25, 0.3) is 0 Å². The molecule has 1 unspecified atom stereocenters. The highest BCUT2D eigenvalue weighted by molar-refractivity contribution is 5.87. The molecule has 0 aromatic rings. The number of rotatable bonds is 3. The molecule has 1 fully saturated rings. The Balaban J connectivity index is 2.51. The number of carbonyl (C=O) groups is 2. The van der Waals surface area contributed by atoms with E-state index >= 15 is 0 Å². The monoisotopic (exact) mass is 186 g/mol. The maximum Gasteiger partial charge on any atom is 0.407 e. The molecule has 5 nitrogen and oxygen atoms in total. The van der Waals surface area contributed by atoms with Crippen LogP contribution in [-0.4, -0.2) is 42.6 Å². The first-order chi connectivity index (χ1) is 6.19. The van der Waals surface area contributed by atoms with Crippen LogP contribution in [0.3, 0.4) is 0 Å². The van der Waals surface area contributed by atoms with E-state index in [-0.39, 0.29) is 12.5 Å². The summed E-state index contributed by atoms with van der Waals surface area (Å²) in [5, 5.41) is 2.45. The lowest BCUT2D eigenvalue weighted by Crippen LogP contribution is -2.45. The average molecular weight is 186 g/mol. The van der Waals surface area contributed by atoms with E-state index in [1.807, 2.05) is 13.8 Å². The van der Waals surface area contributed by atoms with Crippen molar-refractivity contribution in [1.82, 2.24) is 10.2 Å². The normalized spacial score (nSPS) is 20.8. The molecule has 74 valence electrons. The van der Waals surface area contributed by atoms with Crippen LogP contribution in [0.1, 0.15) is 13.8 Å². The molecule has 1 saturated heterocycles. The van der Waals surface area contributed by atoms with Crippen molar-refractivity contribution in [2.24, 2.45) is 0 Å². The van der Waals surface area contributed by atoms with Gasteiger partial charge < -0.3 is 15.0 Å². The van der Waals surface area contributed by atoms with Crippen molar-refractivity contribution < 1.29 is 14.3 Å². The molecule has 0 aliphatic carbocycles. The Hall–Kier alpha value is -1.26. The minimum atomic E-state index is -0.509. The van der Waals surface area contributed by atoms with E-state index < -0.39 is 12.1 Å². The number of carbonyl (C=O) groups excluding carboxylic acids is 2. The molecule has 13 heavy (non-hydrogen) atoms. The molecule has 1 rings (SSSR count). The van der Waals surface area contributed by atoms with Crippen molar-refractivity contribution in [1.29, 1.82) is 0 Å². The van der Waals surface area contributed by atoms with Gasteiger partial charge in [-0.1, -0.05) is 0 Å². The summed E-state index contributed by atoms with van der Waals surface area (Å²) in [7, 11) is 0. The van der Waals surface area contributed by atoms with E-state index in [0.717, 1.165) is 0 Å². The van der Waals surface area contributed by atoms with Crippen LogP contribution in [0.15, 0.2) is 0 Å². The van der Waals surface area contributed by atoms with Gasteiger partial charge in [0.05, 0.1) is 0 Å². The van der Waals surface area contributed by atoms with Gasteiger partial charge in [0.25, 0.3) is 0 Å². The molecular formula is C8H14N2O3. The number of nitrogens with zero attached hydrogens (tertiary/aromatic N) is 1. The Morgan fingerprint density at radius 2 is 2.23 bits per heavy atom. The molecular weight excluding hydrogens is 172 g/mol. The summed E-state index contributed by atoms with van der Waals surface area (Å²) in [6.07, 6.45) is -0.509. The van der Waals surface area contributed by atoms with E-state index in [1.165, 1.54) is 0 Å². The molecule has 0 spiro atoms. The minimum Gasteiger partial charge on any atom is -0.447 e. The van der Waals surface area contributed by atoms with E-state index in [9.17, 15) is 9.59 Å². The van der Waals surface area contributed by atoms with Gasteiger partial charge in [0, 0.05) is 13.1 Å². The fourth-order valence-electron chi connectivity index (χ4n) is 1.27. The Morgan fingerprint density at radius 3 is 2.62 bits per heavy atom. The van der Waals surface area contributed by atoms with Gasteiger partial charge >= 0.3 is 6.09 Å². The van der Waals surface area contributed by atoms with Crippen molar-refractivity contribution in [2.75, 3.05) is 19.7 Å². The zero-order chi connectivity index (χ0) is 9.84. The van der Waals surface area contributed by atoms with E-state index in [4.69, 9.17) is 0 Å². The maximum absolute atomic E-state index is 11.6. The van der Waals surface area contributed by atoms with Crippen LogP contribution < -0.4 is 5.32 Å². The third-order valence-corrected chi connectivity index (χ3v) is 2.05. The van der Waals surface area contributed by atoms with E-state index in [1.54, 1.807) is 4.90 Å². The number of ether oxygens (including phenoxy) is 1. The van der Waals surface area contributed by atoms with Crippen LogP contribution in [0.4, 0.5) is 4.79 Å². The number of cyclic esters (lactones) is 1. The predicted octanol–water partition coefficient (Wildman–Crippen LogP) is -0.0368. The molecule has 0 aromatic heterocycles. The van der Waals surface area contributed by atoms with Gasteiger partial charge in [0.2, 0.25) is 5.91 Å². The molecule has 1 N–H and O–H groups in total. The SMILES string of the molecule is CCN(CC)C(=O)C1COC(=O)N1. The highest BCUT2D eigenvalue weighted by Crippen LogP contribution is 2.02. The first-order valence-electron chi connectivity index (χ1n) is 4.41. The number of amides is 2. The Kier molecular flexibility index (Phi) is 3.11. The van der Waals surface area contributed by atoms with Crippen molar-refractivity contribution in [3.05, 3.63) is 0 Å². The second kappa shape index (κ2) is 4.11. The van der Waals surface area contributed by atoms with Crippen LogP contribution >= 0.6 is 0 Å². The van der Waals surface area contributed by atoms with Gasteiger partial charge in [-0.05, 0) is 13.8 Å². The van der Waals surface area contributed by atoms with Gasteiger partial charge in [0.15, 0.2) is 0 Å². The Bertz CT molecular complexity index is 213. The summed E-state index contributed by atoms with van der Waals surface area (Å²) in [5.74, 6) is -0.0733. The maximum atomic E-state index is 11.6. The zero-order valence-electron chi connectivity index (χ0n) is 7.87. The molecule has 0 saturated carbocycles. The quantitative estimate of drug-likeness (QED) is 0.673. The second-order valence-corrected chi connectivity index (χ2v) is 2.81. The van der Waals surface area contributed by atoms with Crippen molar-refractivity contribution in [3.63, 3.8) is 0 Å². The Labute approximate surface area is 77.0 Å². The third kappa shape index (κ3) is 2.11. The average Bonchev–Trinajstić information content (AvgIpc) is 2.54. The van der Waals surface area contributed by atoms with Crippen molar-refractivity contribution >= 4 is 12.0 Å².